The SMILES string of the molecule is Cc1cc(C)c(CNC(=O)NC2CCN(c3ccccc3)CC2)cn1. The molecule has 0 radical (unpaired) electrons. The van der Waals surface area contributed by atoms with Crippen molar-refractivity contribution in [2.45, 2.75) is 39.3 Å². The summed E-state index contributed by atoms with van der Waals surface area (Å²) in [6.45, 7) is 6.46. The highest BCUT2D eigenvalue weighted by molar-refractivity contribution is 5.74. The fraction of sp³-hybridized carbons (Fsp3) is 0.400. The Morgan fingerprint density at radius 3 is 2.60 bits per heavy atom. The van der Waals surface area contributed by atoms with Crippen molar-refractivity contribution in [3.8, 4) is 0 Å². The third-order valence-electron chi connectivity index (χ3n) is 4.75. The van der Waals surface area contributed by atoms with Crippen LogP contribution in [0.3, 0.4) is 0 Å². The number of anilines is 1. The Hall–Kier alpha value is -2.56. The number of rotatable bonds is 4. The quantitative estimate of drug-likeness (QED) is 0.900. The van der Waals surface area contributed by atoms with Crippen LogP contribution in [0.2, 0.25) is 0 Å². The van der Waals surface area contributed by atoms with Gasteiger partial charge in [-0.1, -0.05) is 18.2 Å². The normalized spacial score (nSPS) is 15.0. The Bertz CT molecular complexity index is 709. The average Bonchev–Trinajstić information content (AvgIpc) is 2.62. The van der Waals surface area contributed by atoms with E-state index in [0.717, 1.165) is 42.8 Å². The molecule has 3 rings (SSSR count). The van der Waals surface area contributed by atoms with Crippen molar-refractivity contribution < 1.29 is 4.79 Å². The molecular formula is C20H26N4O. The summed E-state index contributed by atoms with van der Waals surface area (Å²) in [7, 11) is 0. The number of pyridine rings is 1. The van der Waals surface area contributed by atoms with Crippen LogP contribution in [-0.4, -0.2) is 30.1 Å². The average molecular weight is 338 g/mol. The molecule has 1 saturated heterocycles. The standard InChI is InChI=1S/C20H26N4O/c1-15-12-16(2)21-13-17(15)14-22-20(25)23-18-8-10-24(11-9-18)19-6-4-3-5-7-19/h3-7,12-13,18H,8-11,14H2,1-2H3,(H2,22,23,25). The van der Waals surface area contributed by atoms with Crippen molar-refractivity contribution in [3.05, 3.63) is 59.4 Å². The summed E-state index contributed by atoms with van der Waals surface area (Å²) in [5.74, 6) is 0. The molecule has 0 bridgehead atoms. The van der Waals surface area contributed by atoms with Gasteiger partial charge in [-0.3, -0.25) is 4.98 Å². The highest BCUT2D eigenvalue weighted by atomic mass is 16.2. The maximum absolute atomic E-state index is 12.2. The molecule has 0 unspecified atom stereocenters. The van der Waals surface area contributed by atoms with Crippen LogP contribution >= 0.6 is 0 Å². The highest BCUT2D eigenvalue weighted by Gasteiger charge is 2.20. The summed E-state index contributed by atoms with van der Waals surface area (Å²) in [5, 5.41) is 6.04. The Labute approximate surface area is 149 Å². The molecule has 2 N–H and O–H groups in total. The molecule has 1 fully saturated rings. The minimum Gasteiger partial charge on any atom is -0.371 e. The van der Waals surface area contributed by atoms with Crippen LogP contribution in [0, 0.1) is 13.8 Å². The van der Waals surface area contributed by atoms with Gasteiger partial charge < -0.3 is 15.5 Å². The first-order valence-electron chi connectivity index (χ1n) is 8.88. The minimum atomic E-state index is -0.0989. The number of nitrogens with one attached hydrogen (secondary N) is 2. The van der Waals surface area contributed by atoms with Crippen LogP contribution in [0.5, 0.6) is 0 Å². The molecule has 2 amide bonds. The molecule has 0 spiro atoms. The van der Waals surface area contributed by atoms with Gasteiger partial charge in [0.1, 0.15) is 0 Å². The molecule has 5 heteroatoms. The minimum absolute atomic E-state index is 0.0989. The maximum atomic E-state index is 12.2. The van der Waals surface area contributed by atoms with E-state index >= 15 is 0 Å². The zero-order valence-corrected chi connectivity index (χ0v) is 15.0. The van der Waals surface area contributed by atoms with E-state index in [4.69, 9.17) is 0 Å². The molecular weight excluding hydrogens is 312 g/mol. The number of hydrogen-bond donors (Lipinski definition) is 2. The number of aryl methyl sites for hydroxylation is 2. The number of urea groups is 1. The summed E-state index contributed by atoms with van der Waals surface area (Å²) >= 11 is 0. The van der Waals surface area contributed by atoms with E-state index in [-0.39, 0.29) is 12.1 Å². The zero-order valence-electron chi connectivity index (χ0n) is 15.0. The number of hydrogen-bond acceptors (Lipinski definition) is 3. The molecule has 132 valence electrons. The van der Waals surface area contributed by atoms with Gasteiger partial charge in [0.15, 0.2) is 0 Å². The van der Waals surface area contributed by atoms with Crippen molar-refractivity contribution in [1.29, 1.82) is 0 Å². The lowest BCUT2D eigenvalue weighted by molar-refractivity contribution is 0.234. The maximum Gasteiger partial charge on any atom is 0.315 e. The van der Waals surface area contributed by atoms with E-state index in [9.17, 15) is 4.79 Å². The summed E-state index contributed by atoms with van der Waals surface area (Å²) in [5.41, 5.74) is 4.47. The van der Waals surface area contributed by atoms with Gasteiger partial charge in [-0.25, -0.2) is 4.79 Å². The lowest BCUT2D eigenvalue weighted by atomic mass is 10.0. The van der Waals surface area contributed by atoms with Gasteiger partial charge in [-0.2, -0.15) is 0 Å². The Morgan fingerprint density at radius 2 is 1.92 bits per heavy atom. The molecule has 0 atom stereocenters. The summed E-state index contributed by atoms with van der Waals surface area (Å²) < 4.78 is 0. The first kappa shape index (κ1) is 17.3. The van der Waals surface area contributed by atoms with Crippen LogP contribution in [-0.2, 0) is 6.54 Å². The number of amides is 2. The van der Waals surface area contributed by atoms with Crippen LogP contribution < -0.4 is 15.5 Å². The van der Waals surface area contributed by atoms with Crippen molar-refractivity contribution in [3.63, 3.8) is 0 Å². The Morgan fingerprint density at radius 1 is 1.20 bits per heavy atom. The van der Waals surface area contributed by atoms with Crippen molar-refractivity contribution in [2.75, 3.05) is 18.0 Å². The van der Waals surface area contributed by atoms with E-state index in [1.165, 1.54) is 5.69 Å². The predicted molar refractivity (Wildman–Crippen MR) is 101 cm³/mol. The summed E-state index contributed by atoms with van der Waals surface area (Å²) in [4.78, 5) is 18.8. The molecule has 1 aromatic carbocycles. The van der Waals surface area contributed by atoms with Gasteiger partial charge in [0, 0.05) is 43.3 Å². The van der Waals surface area contributed by atoms with Crippen molar-refractivity contribution in [1.82, 2.24) is 15.6 Å². The number of nitrogens with zero attached hydrogens (tertiary/aromatic N) is 2. The molecule has 1 aromatic heterocycles. The van der Waals surface area contributed by atoms with E-state index in [1.807, 2.05) is 32.2 Å². The van der Waals surface area contributed by atoms with Crippen LogP contribution in [0.25, 0.3) is 0 Å². The number of aromatic nitrogens is 1. The Balaban J connectivity index is 1.43. The highest BCUT2D eigenvalue weighted by Crippen LogP contribution is 2.19. The number of carbonyl (C=O) groups is 1. The first-order chi connectivity index (χ1) is 12.1. The molecule has 1 aliphatic rings. The summed E-state index contributed by atoms with van der Waals surface area (Å²) in [6.07, 6.45) is 3.77. The van der Waals surface area contributed by atoms with Crippen molar-refractivity contribution >= 4 is 11.7 Å². The second-order valence-electron chi connectivity index (χ2n) is 6.68. The molecule has 0 saturated carbocycles. The summed E-state index contributed by atoms with van der Waals surface area (Å²) in [6, 6.07) is 12.6. The molecule has 2 heterocycles. The van der Waals surface area contributed by atoms with E-state index in [1.54, 1.807) is 0 Å². The zero-order chi connectivity index (χ0) is 17.6. The lowest BCUT2D eigenvalue weighted by Crippen LogP contribution is -2.47. The van der Waals surface area contributed by atoms with Crippen molar-refractivity contribution in [2.24, 2.45) is 0 Å². The molecule has 5 nitrogen and oxygen atoms in total. The van der Waals surface area contributed by atoms with E-state index in [0.29, 0.717) is 6.54 Å². The topological polar surface area (TPSA) is 57.3 Å². The van der Waals surface area contributed by atoms with Crippen LogP contribution in [0.1, 0.15) is 29.7 Å². The monoisotopic (exact) mass is 338 g/mol. The largest absolute Gasteiger partial charge is 0.371 e. The van der Waals surface area contributed by atoms with Gasteiger partial charge >= 0.3 is 6.03 Å². The van der Waals surface area contributed by atoms with Crippen LogP contribution in [0.15, 0.2) is 42.6 Å². The second kappa shape index (κ2) is 8.01. The van der Waals surface area contributed by atoms with E-state index in [2.05, 4.69) is 44.8 Å². The Kier molecular flexibility index (Phi) is 5.53. The fourth-order valence-electron chi connectivity index (χ4n) is 3.24. The second-order valence-corrected chi connectivity index (χ2v) is 6.68. The van der Waals surface area contributed by atoms with E-state index < -0.39 is 0 Å². The third kappa shape index (κ3) is 4.72. The lowest BCUT2D eigenvalue weighted by Gasteiger charge is -2.34. The third-order valence-corrected chi connectivity index (χ3v) is 4.75. The predicted octanol–water partition coefficient (Wildman–Crippen LogP) is 3.17. The number of para-hydroxylation sites is 1. The molecule has 25 heavy (non-hydrogen) atoms. The van der Waals surface area contributed by atoms with Gasteiger partial charge in [0.25, 0.3) is 0 Å². The van der Waals surface area contributed by atoms with Gasteiger partial charge in [-0.15, -0.1) is 0 Å². The van der Waals surface area contributed by atoms with Gasteiger partial charge in [0.2, 0.25) is 0 Å². The number of piperidine rings is 1. The molecule has 2 aromatic rings. The van der Waals surface area contributed by atoms with Gasteiger partial charge in [0.05, 0.1) is 0 Å². The number of benzene rings is 1. The van der Waals surface area contributed by atoms with Gasteiger partial charge in [-0.05, 0) is 56.0 Å². The fourth-order valence-corrected chi connectivity index (χ4v) is 3.24. The first-order valence-corrected chi connectivity index (χ1v) is 8.88. The smallest absolute Gasteiger partial charge is 0.315 e. The van der Waals surface area contributed by atoms with Crippen LogP contribution in [0.4, 0.5) is 10.5 Å². The number of carbonyl (C=O) groups excluding carboxylic acids is 1. The molecule has 1 aliphatic heterocycles. The molecule has 0 aliphatic carbocycles.